The third-order valence-electron chi connectivity index (χ3n) is 3.77. The van der Waals surface area contributed by atoms with Gasteiger partial charge in [-0.3, -0.25) is 14.8 Å². The number of benzene rings is 2. The lowest BCUT2D eigenvalue weighted by atomic mass is 10.2. The average molecular weight is 310 g/mol. The number of nitrogen functional groups attached to an aromatic ring is 1. The summed E-state index contributed by atoms with van der Waals surface area (Å²) in [5.74, 6) is 7.23. The zero-order valence-corrected chi connectivity index (χ0v) is 12.2. The molecule has 3 N–H and O–H groups in total. The van der Waals surface area contributed by atoms with Gasteiger partial charge in [-0.05, 0) is 29.8 Å². The molecule has 7 nitrogen and oxygen atoms in total. The second-order valence-electron chi connectivity index (χ2n) is 5.18. The molecule has 4 rings (SSSR count). The van der Waals surface area contributed by atoms with E-state index < -0.39 is 0 Å². The Morgan fingerprint density at radius 3 is 2.87 bits per heavy atom. The van der Waals surface area contributed by atoms with Gasteiger partial charge in [0.2, 0.25) is 12.7 Å². The zero-order valence-electron chi connectivity index (χ0n) is 12.2. The highest BCUT2D eigenvalue weighted by molar-refractivity contribution is 5.78. The summed E-state index contributed by atoms with van der Waals surface area (Å²) in [4.78, 5) is 17.1. The van der Waals surface area contributed by atoms with Crippen molar-refractivity contribution >= 4 is 16.9 Å². The van der Waals surface area contributed by atoms with Crippen molar-refractivity contribution in [3.63, 3.8) is 0 Å². The van der Waals surface area contributed by atoms with Crippen LogP contribution < -0.4 is 26.3 Å². The average Bonchev–Trinajstić information content (AvgIpc) is 3.05. The topological polar surface area (TPSA) is 91.4 Å². The van der Waals surface area contributed by atoms with Crippen molar-refractivity contribution in [2.45, 2.75) is 6.54 Å². The van der Waals surface area contributed by atoms with E-state index in [1.54, 1.807) is 12.1 Å². The Kier molecular flexibility index (Phi) is 3.13. The highest BCUT2D eigenvalue weighted by atomic mass is 16.7. The molecule has 0 aliphatic carbocycles. The van der Waals surface area contributed by atoms with Gasteiger partial charge in [0.1, 0.15) is 0 Å². The van der Waals surface area contributed by atoms with Crippen molar-refractivity contribution in [3.05, 3.63) is 58.4 Å². The molecule has 7 heteroatoms. The fraction of sp³-hybridized carbons (Fsp3) is 0.125. The Morgan fingerprint density at radius 1 is 1.17 bits per heavy atom. The van der Waals surface area contributed by atoms with Gasteiger partial charge < -0.3 is 9.47 Å². The monoisotopic (exact) mass is 310 g/mol. The first-order chi connectivity index (χ1) is 11.3. The molecule has 0 unspecified atom stereocenters. The number of hydrogen-bond donors (Lipinski definition) is 2. The number of nitrogens with zero attached hydrogens (tertiary/aromatic N) is 2. The smallest absolute Gasteiger partial charge is 0.263 e. The summed E-state index contributed by atoms with van der Waals surface area (Å²) in [6.45, 7) is 0.540. The lowest BCUT2D eigenvalue weighted by Gasteiger charge is -2.13. The summed E-state index contributed by atoms with van der Waals surface area (Å²) < 4.78 is 12.2. The van der Waals surface area contributed by atoms with Crippen LogP contribution in [-0.2, 0) is 6.54 Å². The molecule has 116 valence electrons. The molecule has 0 radical (unpaired) electrons. The fourth-order valence-electron chi connectivity index (χ4n) is 2.65. The summed E-state index contributed by atoms with van der Waals surface area (Å²) in [7, 11) is 0. The molecule has 2 heterocycles. The third kappa shape index (κ3) is 2.27. The number of nitrogens with two attached hydrogens (primary N) is 1. The van der Waals surface area contributed by atoms with Gasteiger partial charge >= 0.3 is 0 Å². The van der Waals surface area contributed by atoms with E-state index in [0.29, 0.717) is 34.9 Å². The molecule has 0 amide bonds. The molecule has 0 fully saturated rings. The number of nitrogens with one attached hydrogen (secondary N) is 1. The molecule has 0 spiro atoms. The largest absolute Gasteiger partial charge is 0.454 e. The van der Waals surface area contributed by atoms with Crippen LogP contribution in [0.3, 0.4) is 0 Å². The van der Waals surface area contributed by atoms with Gasteiger partial charge in [-0.25, -0.2) is 10.8 Å². The van der Waals surface area contributed by atoms with E-state index in [1.807, 2.05) is 30.3 Å². The number of hydrogen-bond acceptors (Lipinski definition) is 6. The number of aromatic nitrogens is 2. The number of hydrazine groups is 1. The van der Waals surface area contributed by atoms with Gasteiger partial charge in [-0.1, -0.05) is 18.2 Å². The van der Waals surface area contributed by atoms with Gasteiger partial charge in [-0.2, -0.15) is 0 Å². The van der Waals surface area contributed by atoms with E-state index in [4.69, 9.17) is 15.3 Å². The Hall–Kier alpha value is -3.06. The number of anilines is 1. The summed E-state index contributed by atoms with van der Waals surface area (Å²) >= 11 is 0. The van der Waals surface area contributed by atoms with Crippen LogP contribution in [0.4, 0.5) is 5.95 Å². The molecular formula is C16H14N4O3. The van der Waals surface area contributed by atoms with Crippen LogP contribution in [-0.4, -0.2) is 16.3 Å². The maximum Gasteiger partial charge on any atom is 0.263 e. The Morgan fingerprint density at radius 2 is 2.00 bits per heavy atom. The van der Waals surface area contributed by atoms with Crippen LogP contribution in [0.2, 0.25) is 0 Å². The number of fused-ring (bicyclic) bond motifs is 2. The van der Waals surface area contributed by atoms with Crippen molar-refractivity contribution in [1.29, 1.82) is 0 Å². The van der Waals surface area contributed by atoms with Crippen LogP contribution >= 0.6 is 0 Å². The highest BCUT2D eigenvalue weighted by Gasteiger charge is 2.15. The molecule has 1 aromatic heterocycles. The minimum absolute atomic E-state index is 0.152. The van der Waals surface area contributed by atoms with Crippen molar-refractivity contribution in [2.75, 3.05) is 12.2 Å². The Bertz CT molecular complexity index is 952. The maximum absolute atomic E-state index is 12.7. The molecular weight excluding hydrogens is 296 g/mol. The van der Waals surface area contributed by atoms with Crippen LogP contribution in [0.1, 0.15) is 5.56 Å². The highest BCUT2D eigenvalue weighted by Crippen LogP contribution is 2.32. The van der Waals surface area contributed by atoms with E-state index in [0.717, 1.165) is 5.56 Å². The lowest BCUT2D eigenvalue weighted by molar-refractivity contribution is 0.174. The van der Waals surface area contributed by atoms with E-state index >= 15 is 0 Å². The van der Waals surface area contributed by atoms with Crippen LogP contribution in [0, 0.1) is 0 Å². The number of ether oxygens (including phenoxy) is 2. The van der Waals surface area contributed by atoms with Gasteiger partial charge in [0.05, 0.1) is 17.4 Å². The van der Waals surface area contributed by atoms with E-state index in [9.17, 15) is 4.79 Å². The predicted octanol–water partition coefficient (Wildman–Crippen LogP) is 1.46. The normalized spacial score (nSPS) is 12.6. The first-order valence-electron chi connectivity index (χ1n) is 7.11. The Labute approximate surface area is 131 Å². The molecule has 3 aromatic rings. The summed E-state index contributed by atoms with van der Waals surface area (Å²) in [6, 6.07) is 12.7. The van der Waals surface area contributed by atoms with E-state index in [1.165, 1.54) is 4.57 Å². The molecule has 23 heavy (non-hydrogen) atoms. The molecule has 0 atom stereocenters. The summed E-state index contributed by atoms with van der Waals surface area (Å²) in [5, 5.41) is 0.548. The molecule has 1 aliphatic rings. The van der Waals surface area contributed by atoms with Gasteiger partial charge in [0.25, 0.3) is 5.56 Å². The lowest BCUT2D eigenvalue weighted by Crippen LogP contribution is -2.27. The van der Waals surface area contributed by atoms with Crippen LogP contribution in [0.15, 0.2) is 47.3 Å². The van der Waals surface area contributed by atoms with Crippen molar-refractivity contribution < 1.29 is 9.47 Å². The number of rotatable bonds is 3. The predicted molar refractivity (Wildman–Crippen MR) is 85.5 cm³/mol. The maximum atomic E-state index is 12.7. The van der Waals surface area contributed by atoms with Crippen LogP contribution in [0.5, 0.6) is 11.5 Å². The molecule has 1 aliphatic heterocycles. The van der Waals surface area contributed by atoms with Gasteiger partial charge in [0, 0.05) is 0 Å². The third-order valence-corrected chi connectivity index (χ3v) is 3.77. The second-order valence-corrected chi connectivity index (χ2v) is 5.18. The van der Waals surface area contributed by atoms with Crippen molar-refractivity contribution in [2.24, 2.45) is 5.84 Å². The molecule has 0 saturated heterocycles. The quantitative estimate of drug-likeness (QED) is 0.562. The SMILES string of the molecule is NNc1nc2ccccc2c(=O)n1Cc1ccc2c(c1)OCO2. The standard InChI is InChI=1S/C16H14N4O3/c17-19-16-18-12-4-2-1-3-11(12)15(21)20(16)8-10-5-6-13-14(7-10)23-9-22-13/h1-7H,8-9,17H2,(H,18,19). The minimum atomic E-state index is -0.152. The Balaban J connectivity index is 1.82. The molecule has 0 bridgehead atoms. The van der Waals surface area contributed by atoms with E-state index in [2.05, 4.69) is 10.4 Å². The van der Waals surface area contributed by atoms with Crippen molar-refractivity contribution in [1.82, 2.24) is 9.55 Å². The first kappa shape index (κ1) is 13.6. The van der Waals surface area contributed by atoms with Crippen LogP contribution in [0.25, 0.3) is 10.9 Å². The minimum Gasteiger partial charge on any atom is -0.454 e. The fourth-order valence-corrected chi connectivity index (χ4v) is 2.65. The summed E-state index contributed by atoms with van der Waals surface area (Å²) in [6.07, 6.45) is 0. The summed E-state index contributed by atoms with van der Waals surface area (Å²) in [5.41, 5.74) is 3.84. The molecule has 0 saturated carbocycles. The molecule has 2 aromatic carbocycles. The van der Waals surface area contributed by atoms with Gasteiger partial charge in [0.15, 0.2) is 11.5 Å². The van der Waals surface area contributed by atoms with Gasteiger partial charge in [-0.15, -0.1) is 0 Å². The van der Waals surface area contributed by atoms with Crippen molar-refractivity contribution in [3.8, 4) is 11.5 Å². The first-order valence-corrected chi connectivity index (χ1v) is 7.11. The zero-order chi connectivity index (χ0) is 15.8. The second kappa shape index (κ2) is 5.29. The van der Waals surface area contributed by atoms with E-state index in [-0.39, 0.29) is 12.4 Å². The number of para-hydroxylation sites is 1.